The van der Waals surface area contributed by atoms with E-state index in [2.05, 4.69) is 19.9 Å². The number of fused-ring (bicyclic) bond motifs is 2. The maximum absolute atomic E-state index is 16.3. The molecule has 258 valence electrons. The summed E-state index contributed by atoms with van der Waals surface area (Å²) in [6.07, 6.45) is 4.40. The number of carbonyl (C=O) groups is 1. The molecule has 3 aliphatic rings. The number of ether oxygens (including phenoxy) is 1. The highest BCUT2D eigenvalue weighted by Crippen LogP contribution is 2.41. The van der Waals surface area contributed by atoms with Crippen LogP contribution in [0.25, 0.3) is 28.2 Å². The Kier molecular flexibility index (Phi) is 9.04. The lowest BCUT2D eigenvalue weighted by Crippen LogP contribution is -2.55. The molecule has 3 saturated heterocycles. The SMILES string of the molecule is N#CC[C@H]1CN(c2nc(OC[C@@]34CCCN3C[C@H](F)C4)nc3c(F)c(-c4cc(F)ccc4F)ncc23)CCN1C(=O)/C(F)=C/c1ccccn1. The molecule has 0 aliphatic carbocycles. The van der Waals surface area contributed by atoms with Gasteiger partial charge in [0.15, 0.2) is 11.6 Å². The molecule has 15 heteroatoms. The van der Waals surface area contributed by atoms with Crippen molar-refractivity contribution in [3.63, 3.8) is 0 Å². The summed E-state index contributed by atoms with van der Waals surface area (Å²) in [4.78, 5) is 35.3. The molecule has 0 unspecified atom stereocenters. The fourth-order valence-electron chi connectivity index (χ4n) is 7.23. The third kappa shape index (κ3) is 6.31. The van der Waals surface area contributed by atoms with Gasteiger partial charge in [-0.1, -0.05) is 6.07 Å². The minimum atomic E-state index is -1.05. The van der Waals surface area contributed by atoms with Gasteiger partial charge in [-0.05, 0) is 49.7 Å². The number of pyridine rings is 2. The van der Waals surface area contributed by atoms with Crippen LogP contribution in [0.15, 0.2) is 54.6 Å². The van der Waals surface area contributed by atoms with E-state index in [-0.39, 0.29) is 74.1 Å². The molecule has 7 rings (SSSR count). The lowest BCUT2D eigenvalue weighted by atomic mass is 9.95. The third-order valence-electron chi connectivity index (χ3n) is 9.59. The van der Waals surface area contributed by atoms with Crippen molar-refractivity contribution >= 4 is 28.7 Å². The number of hydrogen-bond acceptors (Lipinski definition) is 9. The molecule has 0 bridgehead atoms. The van der Waals surface area contributed by atoms with Crippen LogP contribution in [0.1, 0.15) is 31.4 Å². The monoisotopic (exact) mass is 690 g/mol. The second-order valence-corrected chi connectivity index (χ2v) is 12.7. The first-order chi connectivity index (χ1) is 24.2. The van der Waals surface area contributed by atoms with Crippen LogP contribution < -0.4 is 9.64 Å². The first-order valence-corrected chi connectivity index (χ1v) is 16.2. The molecule has 6 heterocycles. The van der Waals surface area contributed by atoms with E-state index in [0.29, 0.717) is 6.42 Å². The smallest absolute Gasteiger partial charge is 0.319 e. The molecule has 3 aliphatic heterocycles. The van der Waals surface area contributed by atoms with Crippen LogP contribution in [0.2, 0.25) is 0 Å². The lowest BCUT2D eigenvalue weighted by Gasteiger charge is -2.41. The molecule has 0 radical (unpaired) electrons. The average molecular weight is 691 g/mol. The fraction of sp³-hybridized carbons (Fsp3) is 0.371. The zero-order chi connectivity index (χ0) is 35.0. The van der Waals surface area contributed by atoms with Gasteiger partial charge < -0.3 is 14.5 Å². The zero-order valence-electron chi connectivity index (χ0n) is 26.7. The molecule has 1 amide bonds. The first kappa shape index (κ1) is 33.3. The number of alkyl halides is 1. The quantitative estimate of drug-likeness (QED) is 0.177. The molecule has 3 fully saturated rings. The molecule has 10 nitrogen and oxygen atoms in total. The van der Waals surface area contributed by atoms with Crippen molar-refractivity contribution in [2.24, 2.45) is 0 Å². The highest BCUT2D eigenvalue weighted by Gasteiger charge is 2.49. The van der Waals surface area contributed by atoms with Crippen LogP contribution in [-0.4, -0.2) is 92.7 Å². The Morgan fingerprint density at radius 3 is 2.76 bits per heavy atom. The molecular formula is C35H31F5N8O2. The number of hydrogen-bond donors (Lipinski definition) is 0. The largest absolute Gasteiger partial charge is 0.461 e. The summed E-state index contributed by atoms with van der Waals surface area (Å²) < 4.78 is 80.9. The van der Waals surface area contributed by atoms with E-state index in [4.69, 9.17) is 4.74 Å². The lowest BCUT2D eigenvalue weighted by molar-refractivity contribution is -0.131. The summed E-state index contributed by atoms with van der Waals surface area (Å²) in [6, 6.07) is 8.49. The van der Waals surface area contributed by atoms with Crippen molar-refractivity contribution in [3.05, 3.63) is 77.8 Å². The Labute approximate surface area is 283 Å². The standard InChI is InChI=1S/C35H31F5N8O2/c36-21-5-6-27(38)25(14-21)30-29(40)31-26(17-43-30)32(45-34(44-31)50-20-35-8-3-11-47(35)18-22(37)16-35)46-12-13-48(24(19-46)7-9-41)33(49)28(39)15-23-4-1-2-10-42-23/h1-2,4-6,10,14-15,17,22,24H,3,7-8,11-13,16,18-20H2/b28-15-/t22-,24+,35+/m1/s1. The number of rotatable bonds is 8. The van der Waals surface area contributed by atoms with Gasteiger partial charge in [0.1, 0.15) is 41.4 Å². The Hall–Kier alpha value is -5.23. The maximum Gasteiger partial charge on any atom is 0.319 e. The van der Waals surface area contributed by atoms with Crippen molar-refractivity contribution in [3.8, 4) is 23.3 Å². The molecule has 1 aromatic carbocycles. The summed E-state index contributed by atoms with van der Waals surface area (Å²) in [7, 11) is 0. The van der Waals surface area contributed by atoms with Crippen LogP contribution in [-0.2, 0) is 4.79 Å². The van der Waals surface area contributed by atoms with Crippen LogP contribution in [0.4, 0.5) is 27.8 Å². The molecule has 3 aromatic heterocycles. The molecule has 3 atom stereocenters. The zero-order valence-corrected chi connectivity index (χ0v) is 26.7. The Balaban J connectivity index is 1.25. The van der Waals surface area contributed by atoms with Crippen molar-refractivity contribution in [2.75, 3.05) is 44.2 Å². The van der Waals surface area contributed by atoms with Gasteiger partial charge in [-0.15, -0.1) is 0 Å². The van der Waals surface area contributed by atoms with Crippen molar-refractivity contribution < 1.29 is 31.5 Å². The highest BCUT2D eigenvalue weighted by atomic mass is 19.1. The van der Waals surface area contributed by atoms with E-state index in [1.807, 2.05) is 11.0 Å². The minimum absolute atomic E-state index is 0.00482. The van der Waals surface area contributed by atoms with E-state index in [9.17, 15) is 23.2 Å². The van der Waals surface area contributed by atoms with Crippen LogP contribution in [0, 0.1) is 28.8 Å². The van der Waals surface area contributed by atoms with E-state index in [1.54, 1.807) is 23.1 Å². The minimum Gasteiger partial charge on any atom is -0.461 e. The molecule has 4 aromatic rings. The first-order valence-electron chi connectivity index (χ1n) is 16.2. The number of amides is 1. The van der Waals surface area contributed by atoms with Gasteiger partial charge >= 0.3 is 6.01 Å². The van der Waals surface area contributed by atoms with Gasteiger partial charge in [0.2, 0.25) is 0 Å². The molecule has 0 spiro atoms. The van der Waals surface area contributed by atoms with Gasteiger partial charge in [-0.3, -0.25) is 19.7 Å². The van der Waals surface area contributed by atoms with Gasteiger partial charge in [-0.25, -0.2) is 22.0 Å². The number of nitrogens with zero attached hydrogens (tertiary/aromatic N) is 8. The van der Waals surface area contributed by atoms with Crippen molar-refractivity contribution in [1.29, 1.82) is 5.26 Å². The molecule has 0 N–H and O–H groups in total. The summed E-state index contributed by atoms with van der Waals surface area (Å²) in [5, 5.41) is 9.74. The van der Waals surface area contributed by atoms with Gasteiger partial charge in [0, 0.05) is 56.6 Å². The van der Waals surface area contributed by atoms with Gasteiger partial charge in [-0.2, -0.15) is 15.2 Å². The van der Waals surface area contributed by atoms with E-state index in [1.165, 1.54) is 17.3 Å². The second kappa shape index (κ2) is 13.6. The number of aromatic nitrogens is 4. The Bertz CT molecular complexity index is 2010. The number of carbonyl (C=O) groups excluding carboxylic acids is 1. The number of anilines is 1. The number of nitriles is 1. The van der Waals surface area contributed by atoms with Crippen molar-refractivity contribution in [2.45, 2.75) is 43.4 Å². The number of benzene rings is 1. The molecule has 0 saturated carbocycles. The average Bonchev–Trinajstić information content (AvgIpc) is 3.64. The fourth-order valence-corrected chi connectivity index (χ4v) is 7.23. The van der Waals surface area contributed by atoms with Gasteiger partial charge in [0.05, 0.1) is 35.2 Å². The maximum atomic E-state index is 16.3. The van der Waals surface area contributed by atoms with Crippen LogP contribution in [0.3, 0.4) is 0 Å². The Morgan fingerprint density at radius 1 is 1.10 bits per heavy atom. The normalized spacial score (nSPS) is 22.5. The van der Waals surface area contributed by atoms with E-state index >= 15 is 8.78 Å². The number of piperazine rings is 1. The topological polar surface area (TPSA) is 111 Å². The molecular weight excluding hydrogens is 659 g/mol. The summed E-state index contributed by atoms with van der Waals surface area (Å²) in [6.45, 7) is 1.13. The molecule has 50 heavy (non-hydrogen) atoms. The van der Waals surface area contributed by atoms with E-state index in [0.717, 1.165) is 37.2 Å². The summed E-state index contributed by atoms with van der Waals surface area (Å²) in [5.74, 6) is -4.54. The van der Waals surface area contributed by atoms with Gasteiger partial charge in [0.25, 0.3) is 5.91 Å². The predicted octanol–water partition coefficient (Wildman–Crippen LogP) is 5.40. The Morgan fingerprint density at radius 2 is 1.96 bits per heavy atom. The highest BCUT2D eigenvalue weighted by molar-refractivity contribution is 5.96. The van der Waals surface area contributed by atoms with Crippen molar-refractivity contribution in [1.82, 2.24) is 29.7 Å². The second-order valence-electron chi connectivity index (χ2n) is 12.7. The van der Waals surface area contributed by atoms with E-state index < -0.39 is 58.2 Å². The third-order valence-corrected chi connectivity index (χ3v) is 9.59. The number of halogens is 5. The predicted molar refractivity (Wildman–Crippen MR) is 172 cm³/mol. The summed E-state index contributed by atoms with van der Waals surface area (Å²) >= 11 is 0. The summed E-state index contributed by atoms with van der Waals surface area (Å²) in [5.41, 5.74) is -1.49. The van der Waals surface area contributed by atoms with Crippen LogP contribution in [0.5, 0.6) is 6.01 Å². The van der Waals surface area contributed by atoms with Crippen LogP contribution >= 0.6 is 0 Å².